The molecule has 0 spiro atoms. The van der Waals surface area contributed by atoms with Gasteiger partial charge in [0.05, 0.1) is 41.5 Å². The number of hydrogen-bond donors (Lipinski definition) is 1. The van der Waals surface area contributed by atoms with E-state index in [0.717, 1.165) is 50.2 Å². The molecule has 18 heteroatoms. The van der Waals surface area contributed by atoms with Crippen molar-refractivity contribution >= 4 is 57.9 Å². The van der Waals surface area contributed by atoms with Gasteiger partial charge in [-0.25, -0.2) is 8.78 Å². The average molecular weight is 899 g/mol. The van der Waals surface area contributed by atoms with Gasteiger partial charge in [-0.3, -0.25) is 53.5 Å². The van der Waals surface area contributed by atoms with Gasteiger partial charge in [0.15, 0.2) is 5.82 Å². The number of nitrogens with zero attached hydrogens (tertiary/aromatic N) is 9. The van der Waals surface area contributed by atoms with Gasteiger partial charge in [0, 0.05) is 112 Å². The molecule has 2 saturated heterocycles. The standard InChI is InChI=1S/C48H48F2N10O6/c1-26(61)57-15-10-38-36(24-57)45(58-11-3-4-27-16-32(33(44(49)50)19-41(27)58)37-20-40-28(21-51-37)7-12-54(40)2)53-60(38)31-8-13-56(14-9-31)43(63)25-55-22-29-17-34-35(18-30(29)23-55)48(66)59(47(34)65)39-5-6-42(62)52-46(39)64/h7,12,16-21,31,39,44H,3-6,8-11,13-15,22-25H2,1-2H3,(H,52,62,64). The quantitative estimate of drug-likeness (QED) is 0.221. The molecule has 6 aliphatic rings. The van der Waals surface area contributed by atoms with E-state index in [1.165, 1.54) is 0 Å². The second-order valence-corrected chi connectivity index (χ2v) is 18.4. The monoisotopic (exact) mass is 898 g/mol. The lowest BCUT2D eigenvalue weighted by atomic mass is 9.93. The highest BCUT2D eigenvalue weighted by Crippen LogP contribution is 2.44. The Morgan fingerprint density at radius 3 is 2.26 bits per heavy atom. The maximum Gasteiger partial charge on any atom is 0.264 e. The molecule has 0 saturated carbocycles. The van der Waals surface area contributed by atoms with Crippen molar-refractivity contribution in [3.63, 3.8) is 0 Å². The van der Waals surface area contributed by atoms with Crippen LogP contribution in [0, 0.1) is 0 Å². The van der Waals surface area contributed by atoms with Crippen molar-refractivity contribution in [3.05, 3.63) is 93.4 Å². The summed E-state index contributed by atoms with van der Waals surface area (Å²) in [7, 11) is 1.92. The maximum absolute atomic E-state index is 15.0. The maximum atomic E-state index is 15.0. The Morgan fingerprint density at radius 2 is 1.56 bits per heavy atom. The summed E-state index contributed by atoms with van der Waals surface area (Å²) in [4.78, 5) is 90.9. The zero-order valence-corrected chi connectivity index (χ0v) is 36.7. The molecule has 9 heterocycles. The van der Waals surface area contributed by atoms with Gasteiger partial charge in [0.25, 0.3) is 18.2 Å². The third-order valence-electron chi connectivity index (χ3n) is 14.5. The lowest BCUT2D eigenvalue weighted by Gasteiger charge is -2.34. The molecule has 2 aromatic carbocycles. The molecule has 1 N–H and O–H groups in total. The van der Waals surface area contributed by atoms with Crippen LogP contribution in [-0.2, 0) is 58.7 Å². The third-order valence-corrected chi connectivity index (χ3v) is 14.5. The van der Waals surface area contributed by atoms with E-state index >= 15 is 8.78 Å². The summed E-state index contributed by atoms with van der Waals surface area (Å²) < 4.78 is 34.1. The number of aryl methyl sites for hydroxylation is 2. The van der Waals surface area contributed by atoms with Gasteiger partial charge >= 0.3 is 0 Å². The topological polar surface area (TPSA) is 166 Å². The van der Waals surface area contributed by atoms with Crippen molar-refractivity contribution in [2.24, 2.45) is 7.05 Å². The van der Waals surface area contributed by atoms with Crippen LogP contribution in [-0.4, -0.2) is 113 Å². The van der Waals surface area contributed by atoms with Gasteiger partial charge in [-0.1, -0.05) is 0 Å². The van der Waals surface area contributed by atoms with Crippen LogP contribution in [0.1, 0.15) is 106 Å². The summed E-state index contributed by atoms with van der Waals surface area (Å²) >= 11 is 0. The zero-order chi connectivity index (χ0) is 45.7. The molecule has 11 rings (SSSR count). The molecular weight excluding hydrogens is 851 g/mol. The Bertz CT molecular complexity index is 2890. The molecule has 1 unspecified atom stereocenters. The van der Waals surface area contributed by atoms with E-state index in [9.17, 15) is 28.8 Å². The number of likely N-dealkylation sites (tertiary alicyclic amines) is 1. The summed E-state index contributed by atoms with van der Waals surface area (Å²) in [6.07, 6.45) is 4.44. The highest BCUT2D eigenvalue weighted by atomic mass is 19.3. The third kappa shape index (κ3) is 6.95. The number of hydrogen-bond acceptors (Lipinski definition) is 10. The van der Waals surface area contributed by atoms with Gasteiger partial charge in [-0.15, -0.1) is 0 Å². The van der Waals surface area contributed by atoms with E-state index < -0.39 is 36.1 Å². The number of alkyl halides is 2. The minimum absolute atomic E-state index is 0.0181. The number of amides is 6. The zero-order valence-electron chi connectivity index (χ0n) is 36.7. The van der Waals surface area contributed by atoms with E-state index in [1.807, 2.05) is 45.8 Å². The molecule has 16 nitrogen and oxygen atoms in total. The first-order valence-corrected chi connectivity index (χ1v) is 22.7. The molecule has 1 atom stereocenters. The Morgan fingerprint density at radius 1 is 0.833 bits per heavy atom. The largest absolute Gasteiger partial charge is 0.350 e. The summed E-state index contributed by atoms with van der Waals surface area (Å²) in [5.41, 5.74) is 7.44. The highest BCUT2D eigenvalue weighted by molar-refractivity contribution is 6.23. The second-order valence-electron chi connectivity index (χ2n) is 18.4. The van der Waals surface area contributed by atoms with E-state index in [2.05, 4.69) is 19.9 Å². The molecule has 0 aliphatic carbocycles. The number of piperidine rings is 2. The molecular formula is C48H48F2N10O6. The number of anilines is 2. The first-order valence-electron chi connectivity index (χ1n) is 22.7. The molecule has 2 fully saturated rings. The summed E-state index contributed by atoms with van der Waals surface area (Å²) in [6.45, 7) is 5.07. The van der Waals surface area contributed by atoms with Crippen LogP contribution in [0.5, 0.6) is 0 Å². The van der Waals surface area contributed by atoms with Crippen LogP contribution in [0.2, 0.25) is 0 Å². The number of carbonyl (C=O) groups is 6. The Hall–Kier alpha value is -6.82. The van der Waals surface area contributed by atoms with Crippen molar-refractivity contribution < 1.29 is 37.5 Å². The molecule has 340 valence electrons. The van der Waals surface area contributed by atoms with E-state index in [4.69, 9.17) is 5.10 Å². The predicted molar refractivity (Wildman–Crippen MR) is 236 cm³/mol. The van der Waals surface area contributed by atoms with Gasteiger partial charge in [0.2, 0.25) is 23.6 Å². The Balaban J connectivity index is 0.799. The van der Waals surface area contributed by atoms with Crippen molar-refractivity contribution in [2.45, 2.75) is 90.0 Å². The number of halogens is 2. The fraction of sp³-hybridized carbons (Fsp3) is 0.417. The minimum atomic E-state index is -2.75. The number of imide groups is 2. The number of rotatable bonds is 7. The molecule has 0 bridgehead atoms. The fourth-order valence-corrected chi connectivity index (χ4v) is 11.0. The molecule has 0 radical (unpaired) electrons. The molecule has 66 heavy (non-hydrogen) atoms. The number of fused-ring (bicyclic) bond motifs is 5. The SMILES string of the molecule is CC(=O)N1CCc2c(c(N3CCCc4cc(-c5cc6c(ccn6C)cn5)c(C(F)F)cc43)nn2C2CCN(C(=O)CN3Cc4cc5c(cc4C3)C(=O)N(C3CCC(=O)NC3=O)C5=O)CC2)C1. The van der Waals surface area contributed by atoms with Crippen LogP contribution >= 0.6 is 0 Å². The number of aromatic nitrogens is 4. The van der Waals surface area contributed by atoms with E-state index in [0.29, 0.717) is 94.3 Å². The number of carbonyl (C=O) groups excluding carboxylic acids is 6. The number of pyridine rings is 1. The smallest absolute Gasteiger partial charge is 0.264 e. The second kappa shape index (κ2) is 16.0. The van der Waals surface area contributed by atoms with Crippen LogP contribution < -0.4 is 10.2 Å². The lowest BCUT2D eigenvalue weighted by Crippen LogP contribution is -2.54. The highest BCUT2D eigenvalue weighted by Gasteiger charge is 2.46. The van der Waals surface area contributed by atoms with Gasteiger partial charge in [-0.2, -0.15) is 5.10 Å². The Kier molecular flexibility index (Phi) is 10.1. The van der Waals surface area contributed by atoms with Crippen LogP contribution in [0.25, 0.3) is 22.2 Å². The van der Waals surface area contributed by atoms with Crippen molar-refractivity contribution in [2.75, 3.05) is 37.6 Å². The van der Waals surface area contributed by atoms with Crippen LogP contribution in [0.3, 0.4) is 0 Å². The average Bonchev–Trinajstić information content (AvgIpc) is 4.06. The normalized spacial score (nSPS) is 20.0. The van der Waals surface area contributed by atoms with E-state index in [1.54, 1.807) is 36.2 Å². The summed E-state index contributed by atoms with van der Waals surface area (Å²) in [5, 5.41) is 8.44. The minimum Gasteiger partial charge on any atom is -0.350 e. The number of nitrogens with one attached hydrogen (secondary N) is 1. The lowest BCUT2D eigenvalue weighted by molar-refractivity contribution is -0.136. The molecule has 3 aromatic heterocycles. The van der Waals surface area contributed by atoms with Crippen molar-refractivity contribution in [3.8, 4) is 11.3 Å². The fourth-order valence-electron chi connectivity index (χ4n) is 11.0. The van der Waals surface area contributed by atoms with Gasteiger partial charge in [-0.05, 0) is 85.2 Å². The summed E-state index contributed by atoms with van der Waals surface area (Å²) in [6, 6.07) is 9.62. The van der Waals surface area contributed by atoms with Crippen LogP contribution in [0.4, 0.5) is 20.3 Å². The molecule has 5 aromatic rings. The molecule has 6 amide bonds. The first kappa shape index (κ1) is 41.9. The Labute approximate surface area is 378 Å². The number of benzene rings is 2. The first-order chi connectivity index (χ1) is 31.8. The van der Waals surface area contributed by atoms with Crippen molar-refractivity contribution in [1.29, 1.82) is 0 Å². The van der Waals surface area contributed by atoms with Gasteiger partial charge < -0.3 is 19.3 Å². The van der Waals surface area contributed by atoms with Gasteiger partial charge in [0.1, 0.15) is 6.04 Å². The van der Waals surface area contributed by atoms with Crippen molar-refractivity contribution in [1.82, 2.24) is 44.2 Å². The predicted octanol–water partition coefficient (Wildman–Crippen LogP) is 4.94. The van der Waals surface area contributed by atoms with E-state index in [-0.39, 0.29) is 53.9 Å². The van der Waals surface area contributed by atoms with Crippen LogP contribution in [0.15, 0.2) is 48.8 Å². The molecule has 6 aliphatic heterocycles. The summed E-state index contributed by atoms with van der Waals surface area (Å²) in [5.74, 6) is -1.59.